The summed E-state index contributed by atoms with van der Waals surface area (Å²) in [4.78, 5) is 8.29. The van der Waals surface area contributed by atoms with Gasteiger partial charge in [0.05, 0.1) is 11.4 Å². The molecule has 3 heteroatoms. The molecule has 2 unspecified atom stereocenters. The Kier molecular flexibility index (Phi) is 4.58. The first-order valence-electron chi connectivity index (χ1n) is 11.5. The monoisotopic (exact) mass is 414 g/mol. The third-order valence-corrected chi connectivity index (χ3v) is 8.82. The van der Waals surface area contributed by atoms with Gasteiger partial charge in [-0.1, -0.05) is 54.2 Å². The molecule has 6 rings (SSSR count). The molecule has 0 saturated carbocycles. The second-order valence-corrected chi connectivity index (χ2v) is 10.5. The molecular formula is C27H30N2S. The number of hydrogen-bond donors (Lipinski definition) is 0. The van der Waals surface area contributed by atoms with Gasteiger partial charge in [-0.3, -0.25) is 0 Å². The molecule has 3 heterocycles. The first-order chi connectivity index (χ1) is 14.7. The van der Waals surface area contributed by atoms with Crippen LogP contribution in [0.25, 0.3) is 11.1 Å². The Balaban J connectivity index is 1.43. The van der Waals surface area contributed by atoms with Crippen LogP contribution in [0, 0.1) is 6.92 Å². The average molecular weight is 415 g/mol. The Labute approximate surface area is 184 Å². The van der Waals surface area contributed by atoms with Gasteiger partial charge in [0.1, 0.15) is 0 Å². The van der Waals surface area contributed by atoms with E-state index in [-0.39, 0.29) is 0 Å². The summed E-state index contributed by atoms with van der Waals surface area (Å²) in [5, 5.41) is 0. The van der Waals surface area contributed by atoms with E-state index in [2.05, 4.69) is 78.4 Å². The summed E-state index contributed by atoms with van der Waals surface area (Å²) in [5.41, 5.74) is 6.95. The zero-order chi connectivity index (χ0) is 20.2. The maximum absolute atomic E-state index is 2.73. The minimum Gasteiger partial charge on any atom is -0.337 e. The van der Waals surface area contributed by atoms with Crippen molar-refractivity contribution in [1.29, 1.82) is 0 Å². The molecule has 2 bridgehead atoms. The van der Waals surface area contributed by atoms with Crippen LogP contribution >= 0.6 is 11.8 Å². The summed E-state index contributed by atoms with van der Waals surface area (Å²) >= 11 is 1.98. The van der Waals surface area contributed by atoms with Crippen molar-refractivity contribution in [3.63, 3.8) is 0 Å². The van der Waals surface area contributed by atoms with Crippen molar-refractivity contribution in [3.8, 4) is 11.1 Å². The van der Waals surface area contributed by atoms with Crippen molar-refractivity contribution in [2.24, 2.45) is 0 Å². The van der Waals surface area contributed by atoms with E-state index >= 15 is 0 Å². The van der Waals surface area contributed by atoms with Crippen molar-refractivity contribution in [2.75, 3.05) is 11.9 Å². The third-order valence-electron chi connectivity index (χ3n) is 7.68. The van der Waals surface area contributed by atoms with Gasteiger partial charge in [0, 0.05) is 27.9 Å². The maximum atomic E-state index is 2.73. The molecular weight excluding hydrogens is 384 g/mol. The Hall–Kier alpha value is -1.97. The normalized spacial score (nSPS) is 27.9. The quantitative estimate of drug-likeness (QED) is 0.536. The average Bonchev–Trinajstić information content (AvgIpc) is 2.97. The van der Waals surface area contributed by atoms with Crippen molar-refractivity contribution >= 4 is 17.4 Å². The first-order valence-corrected chi connectivity index (χ1v) is 12.3. The van der Waals surface area contributed by atoms with Gasteiger partial charge in [-0.05, 0) is 81.3 Å². The molecule has 3 aliphatic heterocycles. The zero-order valence-electron chi connectivity index (χ0n) is 18.0. The van der Waals surface area contributed by atoms with Crippen LogP contribution in [0.1, 0.15) is 44.1 Å². The number of fused-ring (bicyclic) bond motifs is 4. The second kappa shape index (κ2) is 7.32. The molecule has 0 radical (unpaired) electrons. The van der Waals surface area contributed by atoms with Crippen molar-refractivity contribution < 1.29 is 0 Å². The standard InChI is InChI=1S/C27H30N2S/c1-18-7-3-4-8-23(18)19-11-14-25-27(15-19)30-26-10-6-5-9-24(26)29(25)22-16-20-12-13-21(17-22)28(20)2/h3-4,7-11,14-15,20-22H,5-6,12-13,16-17H2,1-2H3/t20-,21?,22?/m1/s1. The van der Waals surface area contributed by atoms with Gasteiger partial charge < -0.3 is 9.80 Å². The Morgan fingerprint density at radius 2 is 1.67 bits per heavy atom. The minimum atomic E-state index is 0.621. The van der Waals surface area contributed by atoms with E-state index in [0.717, 1.165) is 12.1 Å². The number of benzene rings is 2. The van der Waals surface area contributed by atoms with Gasteiger partial charge in [0.25, 0.3) is 0 Å². The fourth-order valence-electron chi connectivity index (χ4n) is 6.05. The molecule has 3 atom stereocenters. The number of allylic oxidation sites excluding steroid dienone is 2. The third kappa shape index (κ3) is 2.98. The van der Waals surface area contributed by atoms with E-state index in [9.17, 15) is 0 Å². The highest BCUT2D eigenvalue weighted by Crippen LogP contribution is 2.51. The molecule has 154 valence electrons. The highest BCUT2D eigenvalue weighted by molar-refractivity contribution is 8.03. The van der Waals surface area contributed by atoms with E-state index in [4.69, 9.17) is 0 Å². The summed E-state index contributed by atoms with van der Waals surface area (Å²) in [7, 11) is 2.35. The topological polar surface area (TPSA) is 6.48 Å². The number of thioether (sulfide) groups is 1. The fourth-order valence-corrected chi connectivity index (χ4v) is 7.23. The van der Waals surface area contributed by atoms with Crippen LogP contribution in [-0.2, 0) is 0 Å². The Bertz CT molecular complexity index is 1040. The van der Waals surface area contributed by atoms with Gasteiger partial charge in [0.2, 0.25) is 0 Å². The van der Waals surface area contributed by atoms with Gasteiger partial charge in [-0.15, -0.1) is 0 Å². The van der Waals surface area contributed by atoms with Crippen LogP contribution in [0.2, 0.25) is 0 Å². The number of piperidine rings is 1. The van der Waals surface area contributed by atoms with Gasteiger partial charge in [0.15, 0.2) is 0 Å². The Morgan fingerprint density at radius 3 is 2.47 bits per heavy atom. The van der Waals surface area contributed by atoms with Crippen LogP contribution < -0.4 is 4.90 Å². The molecule has 2 aromatic rings. The number of aryl methyl sites for hydroxylation is 1. The lowest BCUT2D eigenvalue weighted by Crippen LogP contribution is -2.49. The summed E-state index contributed by atoms with van der Waals surface area (Å²) in [6.07, 6.45) is 12.7. The number of nitrogens with zero attached hydrogens (tertiary/aromatic N) is 2. The van der Waals surface area contributed by atoms with Crippen molar-refractivity contribution in [1.82, 2.24) is 4.90 Å². The lowest BCUT2D eigenvalue weighted by molar-refractivity contribution is 0.161. The molecule has 2 saturated heterocycles. The van der Waals surface area contributed by atoms with Crippen LogP contribution in [0.15, 0.2) is 70.1 Å². The van der Waals surface area contributed by atoms with Gasteiger partial charge >= 0.3 is 0 Å². The van der Waals surface area contributed by atoms with Crippen LogP contribution in [0.3, 0.4) is 0 Å². The zero-order valence-corrected chi connectivity index (χ0v) is 18.8. The molecule has 0 amide bonds. The van der Waals surface area contributed by atoms with E-state index in [1.165, 1.54) is 76.4 Å². The SMILES string of the molecule is Cc1ccccc1-c1ccc2c(c1)SC1=CCCC=C1N2C1CC2CC[C@H](C1)N2C. The summed E-state index contributed by atoms with van der Waals surface area (Å²) in [6.45, 7) is 2.22. The first kappa shape index (κ1) is 18.8. The molecule has 0 N–H and O–H groups in total. The number of hydrogen-bond acceptors (Lipinski definition) is 3. The van der Waals surface area contributed by atoms with Gasteiger partial charge in [-0.2, -0.15) is 0 Å². The summed E-state index contributed by atoms with van der Waals surface area (Å²) < 4.78 is 0. The summed E-state index contributed by atoms with van der Waals surface area (Å²) in [6, 6.07) is 18.1. The molecule has 2 nitrogen and oxygen atoms in total. The number of rotatable bonds is 2. The Morgan fingerprint density at radius 1 is 0.900 bits per heavy atom. The molecule has 30 heavy (non-hydrogen) atoms. The highest BCUT2D eigenvalue weighted by Gasteiger charge is 2.43. The molecule has 4 aliphatic rings. The van der Waals surface area contributed by atoms with Crippen LogP contribution in [0.5, 0.6) is 0 Å². The predicted octanol–water partition coefficient (Wildman–Crippen LogP) is 6.76. The molecule has 0 aromatic heterocycles. The fraction of sp³-hybridized carbons (Fsp3) is 0.407. The van der Waals surface area contributed by atoms with Crippen LogP contribution in [0.4, 0.5) is 5.69 Å². The van der Waals surface area contributed by atoms with Crippen molar-refractivity contribution in [2.45, 2.75) is 68.5 Å². The lowest BCUT2D eigenvalue weighted by atomic mass is 9.93. The van der Waals surface area contributed by atoms with E-state index in [0.29, 0.717) is 6.04 Å². The molecule has 2 aromatic carbocycles. The van der Waals surface area contributed by atoms with E-state index in [1.807, 2.05) is 11.8 Å². The molecule has 1 aliphatic carbocycles. The van der Waals surface area contributed by atoms with Crippen LogP contribution in [-0.4, -0.2) is 30.1 Å². The molecule has 0 spiro atoms. The van der Waals surface area contributed by atoms with Crippen molar-refractivity contribution in [3.05, 3.63) is 70.8 Å². The predicted molar refractivity (Wildman–Crippen MR) is 128 cm³/mol. The lowest BCUT2D eigenvalue weighted by Gasteiger charge is -2.46. The molecule has 2 fully saturated rings. The highest BCUT2D eigenvalue weighted by atomic mass is 32.2. The second-order valence-electron chi connectivity index (χ2n) is 9.38. The van der Waals surface area contributed by atoms with Gasteiger partial charge in [-0.25, -0.2) is 0 Å². The number of anilines is 1. The summed E-state index contributed by atoms with van der Waals surface area (Å²) in [5.74, 6) is 0. The van der Waals surface area contributed by atoms with E-state index < -0.39 is 0 Å². The minimum absolute atomic E-state index is 0.621. The smallest absolute Gasteiger partial charge is 0.0555 e. The maximum Gasteiger partial charge on any atom is 0.0555 e. The van der Waals surface area contributed by atoms with E-state index in [1.54, 1.807) is 0 Å². The largest absolute Gasteiger partial charge is 0.337 e.